The Morgan fingerprint density at radius 2 is 1.10 bits per heavy atom. The number of aromatic nitrogens is 4. The van der Waals surface area contributed by atoms with Crippen LogP contribution in [0.3, 0.4) is 0 Å². The van der Waals surface area contributed by atoms with Crippen LogP contribution in [0.15, 0.2) is 57.4 Å². The van der Waals surface area contributed by atoms with Gasteiger partial charge in [-0.25, -0.2) is 0 Å². The zero-order valence-corrected chi connectivity index (χ0v) is 16.9. The van der Waals surface area contributed by atoms with Crippen LogP contribution in [0.2, 0.25) is 0 Å². The molecule has 0 unspecified atom stereocenters. The van der Waals surface area contributed by atoms with Gasteiger partial charge in [0.1, 0.15) is 11.5 Å². The topological polar surface area (TPSA) is 96.3 Å². The lowest BCUT2D eigenvalue weighted by molar-refractivity contribution is 0.309. The molecule has 8 heteroatoms. The summed E-state index contributed by atoms with van der Waals surface area (Å²) in [5.74, 6) is 2.65. The van der Waals surface area contributed by atoms with Gasteiger partial charge < -0.3 is 18.3 Å². The number of hydrogen-bond donors (Lipinski definition) is 0. The molecule has 0 saturated carbocycles. The van der Waals surface area contributed by atoms with Crippen molar-refractivity contribution in [2.45, 2.75) is 26.7 Å². The molecule has 0 amide bonds. The fraction of sp³-hybridized carbons (Fsp3) is 0.273. The molecule has 0 atom stereocenters. The van der Waals surface area contributed by atoms with E-state index >= 15 is 0 Å². The molecule has 0 aliphatic rings. The Hall–Kier alpha value is -3.68. The highest BCUT2D eigenvalue weighted by molar-refractivity contribution is 5.57. The van der Waals surface area contributed by atoms with Crippen LogP contribution in [0.5, 0.6) is 11.5 Å². The lowest BCUT2D eigenvalue weighted by Crippen LogP contribution is -1.95. The largest absolute Gasteiger partial charge is 0.494 e. The van der Waals surface area contributed by atoms with Gasteiger partial charge >= 0.3 is 11.8 Å². The van der Waals surface area contributed by atoms with Gasteiger partial charge in [-0.2, -0.15) is 0 Å². The van der Waals surface area contributed by atoms with E-state index in [1.165, 1.54) is 0 Å². The van der Waals surface area contributed by atoms with Crippen LogP contribution in [-0.2, 0) is 0 Å². The van der Waals surface area contributed by atoms with E-state index in [1.54, 1.807) is 0 Å². The van der Waals surface area contributed by atoms with Gasteiger partial charge in [-0.05, 0) is 61.9 Å². The van der Waals surface area contributed by atoms with Gasteiger partial charge in [-0.3, -0.25) is 0 Å². The van der Waals surface area contributed by atoms with Gasteiger partial charge in [0, 0.05) is 11.1 Å². The summed E-state index contributed by atoms with van der Waals surface area (Å²) in [5, 5.41) is 16.2. The van der Waals surface area contributed by atoms with Crippen molar-refractivity contribution in [3.63, 3.8) is 0 Å². The highest BCUT2D eigenvalue weighted by atomic mass is 16.5. The molecule has 0 radical (unpaired) electrons. The molecule has 2 aromatic heterocycles. The van der Waals surface area contributed by atoms with Gasteiger partial charge in [-0.1, -0.05) is 13.3 Å². The van der Waals surface area contributed by atoms with E-state index in [0.717, 1.165) is 35.5 Å². The quantitative estimate of drug-likeness (QED) is 0.357. The number of unbranched alkanes of at least 4 members (excludes halogenated alkanes) is 1. The average Bonchev–Trinajstić information content (AvgIpc) is 3.45. The van der Waals surface area contributed by atoms with Gasteiger partial charge in [0.25, 0.3) is 0 Å². The molecule has 0 saturated heterocycles. The molecule has 0 aliphatic heterocycles. The minimum absolute atomic E-state index is 0.164. The minimum Gasteiger partial charge on any atom is -0.494 e. The third kappa shape index (κ3) is 4.48. The van der Waals surface area contributed by atoms with Crippen LogP contribution in [0.4, 0.5) is 0 Å². The van der Waals surface area contributed by atoms with Crippen molar-refractivity contribution >= 4 is 0 Å². The maximum Gasteiger partial charge on any atom is 0.306 e. The summed E-state index contributed by atoms with van der Waals surface area (Å²) in [6.07, 6.45) is 2.12. The van der Waals surface area contributed by atoms with Crippen LogP contribution >= 0.6 is 0 Å². The van der Waals surface area contributed by atoms with Crippen molar-refractivity contribution in [2.24, 2.45) is 0 Å². The van der Waals surface area contributed by atoms with Gasteiger partial charge in [0.2, 0.25) is 11.8 Å². The molecule has 154 valence electrons. The Morgan fingerprint density at radius 3 is 1.57 bits per heavy atom. The maximum atomic E-state index is 5.72. The minimum atomic E-state index is 0.164. The Bertz CT molecular complexity index is 1070. The van der Waals surface area contributed by atoms with E-state index in [-0.39, 0.29) is 11.8 Å². The Labute approximate surface area is 173 Å². The van der Waals surface area contributed by atoms with Crippen LogP contribution in [0.25, 0.3) is 34.7 Å². The fourth-order valence-electron chi connectivity index (χ4n) is 2.74. The van der Waals surface area contributed by atoms with Crippen LogP contribution < -0.4 is 9.47 Å². The Kier molecular flexibility index (Phi) is 6.03. The fourth-order valence-corrected chi connectivity index (χ4v) is 2.74. The third-order valence-electron chi connectivity index (χ3n) is 4.31. The molecule has 4 aromatic rings. The first-order valence-electron chi connectivity index (χ1n) is 9.90. The van der Waals surface area contributed by atoms with Crippen LogP contribution in [-0.4, -0.2) is 33.6 Å². The van der Waals surface area contributed by atoms with Crippen molar-refractivity contribution in [3.8, 4) is 46.2 Å². The highest BCUT2D eigenvalue weighted by Crippen LogP contribution is 2.27. The normalized spacial score (nSPS) is 10.9. The number of ether oxygens (including phenoxy) is 2. The predicted molar refractivity (Wildman–Crippen MR) is 110 cm³/mol. The summed E-state index contributed by atoms with van der Waals surface area (Å²) < 4.78 is 22.5. The lowest BCUT2D eigenvalue weighted by Gasteiger charge is -2.04. The molecular weight excluding hydrogens is 384 g/mol. The predicted octanol–water partition coefficient (Wildman–Crippen LogP) is 5.03. The van der Waals surface area contributed by atoms with Crippen molar-refractivity contribution in [1.29, 1.82) is 0 Å². The zero-order valence-electron chi connectivity index (χ0n) is 16.9. The van der Waals surface area contributed by atoms with Crippen molar-refractivity contribution in [3.05, 3.63) is 48.5 Å². The summed E-state index contributed by atoms with van der Waals surface area (Å²) in [5.41, 5.74) is 1.55. The molecule has 0 aliphatic carbocycles. The monoisotopic (exact) mass is 406 g/mol. The third-order valence-corrected chi connectivity index (χ3v) is 4.31. The SMILES string of the molecule is CCCCOc1ccc(-c2nnc(-c3nnc(-c4ccc(OCC)cc4)o3)o2)cc1. The van der Waals surface area contributed by atoms with Gasteiger partial charge in [0.15, 0.2) is 0 Å². The summed E-state index contributed by atoms with van der Waals surface area (Å²) >= 11 is 0. The van der Waals surface area contributed by atoms with E-state index < -0.39 is 0 Å². The average molecular weight is 406 g/mol. The van der Waals surface area contributed by atoms with Gasteiger partial charge in [0.05, 0.1) is 13.2 Å². The molecule has 8 nitrogen and oxygen atoms in total. The summed E-state index contributed by atoms with van der Waals surface area (Å²) in [7, 11) is 0. The van der Waals surface area contributed by atoms with E-state index in [2.05, 4.69) is 27.3 Å². The first-order chi connectivity index (χ1) is 14.8. The van der Waals surface area contributed by atoms with Crippen molar-refractivity contribution in [1.82, 2.24) is 20.4 Å². The maximum absolute atomic E-state index is 5.72. The van der Waals surface area contributed by atoms with E-state index in [4.69, 9.17) is 18.3 Å². The molecule has 30 heavy (non-hydrogen) atoms. The first kappa shape index (κ1) is 19.6. The number of rotatable bonds is 9. The van der Waals surface area contributed by atoms with E-state index in [9.17, 15) is 0 Å². The summed E-state index contributed by atoms with van der Waals surface area (Å²) in [6, 6.07) is 14.9. The molecule has 0 fully saturated rings. The lowest BCUT2D eigenvalue weighted by atomic mass is 10.2. The van der Waals surface area contributed by atoms with Gasteiger partial charge in [-0.15, -0.1) is 20.4 Å². The second-order valence-electron chi connectivity index (χ2n) is 6.51. The standard InChI is InChI=1S/C22H22N4O4/c1-3-5-14-28-18-12-8-16(9-13-18)20-24-26-22(30-20)21-25-23-19(29-21)15-6-10-17(11-7-15)27-4-2/h6-13H,3-5,14H2,1-2H3. The highest BCUT2D eigenvalue weighted by Gasteiger charge is 2.17. The number of nitrogens with zero attached hydrogens (tertiary/aromatic N) is 4. The van der Waals surface area contributed by atoms with Crippen LogP contribution in [0, 0.1) is 0 Å². The summed E-state index contributed by atoms with van der Waals surface area (Å²) in [4.78, 5) is 0. The van der Waals surface area contributed by atoms with E-state index in [0.29, 0.717) is 25.0 Å². The molecular formula is C22H22N4O4. The molecule has 2 aromatic carbocycles. The molecule has 0 N–H and O–H groups in total. The smallest absolute Gasteiger partial charge is 0.306 e. The second kappa shape index (κ2) is 9.21. The second-order valence-corrected chi connectivity index (χ2v) is 6.51. The van der Waals surface area contributed by atoms with E-state index in [1.807, 2.05) is 55.5 Å². The summed E-state index contributed by atoms with van der Waals surface area (Å²) in [6.45, 7) is 5.38. The molecule has 0 spiro atoms. The Morgan fingerprint density at radius 1 is 0.633 bits per heavy atom. The Balaban J connectivity index is 1.46. The molecule has 0 bridgehead atoms. The number of benzene rings is 2. The number of hydrogen-bond acceptors (Lipinski definition) is 8. The first-order valence-corrected chi connectivity index (χ1v) is 9.90. The van der Waals surface area contributed by atoms with Crippen LogP contribution in [0.1, 0.15) is 26.7 Å². The van der Waals surface area contributed by atoms with Crippen molar-refractivity contribution < 1.29 is 18.3 Å². The molecule has 4 rings (SSSR count). The van der Waals surface area contributed by atoms with Crippen molar-refractivity contribution in [2.75, 3.05) is 13.2 Å². The molecule has 2 heterocycles. The zero-order chi connectivity index (χ0) is 20.8.